The smallest absolute Gasteiger partial charge is 0.147 e. The molecule has 1 aromatic heterocycles. The van der Waals surface area contributed by atoms with Crippen LogP contribution in [0.1, 0.15) is 5.69 Å². The zero-order valence-corrected chi connectivity index (χ0v) is 11.5. The largest absolute Gasteiger partial charge is 0.314 e. The Bertz CT molecular complexity index is 350. The molecule has 1 aliphatic rings. The van der Waals surface area contributed by atoms with Crippen LogP contribution in [0.5, 0.6) is 0 Å². The van der Waals surface area contributed by atoms with Crippen LogP contribution < -0.4 is 5.32 Å². The van der Waals surface area contributed by atoms with Gasteiger partial charge >= 0.3 is 0 Å². The third-order valence-corrected chi connectivity index (χ3v) is 3.31. The molecule has 1 fully saturated rings. The Kier molecular flexibility index (Phi) is 5.31. The molecule has 0 spiro atoms. The highest BCUT2D eigenvalue weighted by atomic mass is 35.5. The highest BCUT2D eigenvalue weighted by Gasteiger charge is 2.10. The van der Waals surface area contributed by atoms with E-state index in [0.717, 1.165) is 51.5 Å². The molecule has 0 aliphatic carbocycles. The van der Waals surface area contributed by atoms with Gasteiger partial charge in [-0.2, -0.15) is 0 Å². The Labute approximate surface area is 113 Å². The van der Waals surface area contributed by atoms with Crippen molar-refractivity contribution in [3.05, 3.63) is 23.2 Å². The summed E-state index contributed by atoms with van der Waals surface area (Å²) in [5.74, 6) is 0. The molecule has 1 saturated heterocycles. The van der Waals surface area contributed by atoms with Crippen molar-refractivity contribution < 1.29 is 0 Å². The molecule has 0 aromatic carbocycles. The summed E-state index contributed by atoms with van der Waals surface area (Å²) in [4.78, 5) is 13.0. The van der Waals surface area contributed by atoms with Crippen molar-refractivity contribution in [2.75, 3.05) is 46.3 Å². The van der Waals surface area contributed by atoms with E-state index < -0.39 is 0 Å². The first kappa shape index (κ1) is 13.7. The quantitative estimate of drug-likeness (QED) is 0.842. The van der Waals surface area contributed by atoms with E-state index in [-0.39, 0.29) is 0 Å². The zero-order valence-electron chi connectivity index (χ0n) is 10.8. The van der Waals surface area contributed by atoms with E-state index in [1.807, 2.05) is 0 Å². The molecule has 1 aliphatic heterocycles. The molecule has 6 heteroatoms. The second-order valence-corrected chi connectivity index (χ2v) is 5.05. The van der Waals surface area contributed by atoms with Crippen LogP contribution in [-0.2, 0) is 6.54 Å². The van der Waals surface area contributed by atoms with Crippen LogP contribution in [0.3, 0.4) is 0 Å². The fraction of sp³-hybridized carbons (Fsp3) is 0.667. The van der Waals surface area contributed by atoms with Gasteiger partial charge in [0.15, 0.2) is 0 Å². The van der Waals surface area contributed by atoms with Gasteiger partial charge in [-0.3, -0.25) is 14.8 Å². The number of piperazine rings is 1. The average Bonchev–Trinajstić information content (AvgIpc) is 2.40. The Morgan fingerprint density at radius 2 is 2.11 bits per heavy atom. The molecule has 1 N–H and O–H groups in total. The molecule has 0 saturated carbocycles. The van der Waals surface area contributed by atoms with Gasteiger partial charge in [0.25, 0.3) is 0 Å². The number of nitrogens with zero attached hydrogens (tertiary/aromatic N) is 4. The number of nitrogens with one attached hydrogen (secondary N) is 1. The standard InChI is InChI=1S/C12H20ClN5/c1-17(6-7-18-4-2-14-3-5-18)10-11-8-16-12(13)9-15-11/h8-9,14H,2-7,10H2,1H3. The molecule has 0 radical (unpaired) electrons. The molecule has 0 atom stereocenters. The lowest BCUT2D eigenvalue weighted by atomic mass is 10.3. The summed E-state index contributed by atoms with van der Waals surface area (Å²) in [5, 5.41) is 3.81. The number of hydrogen-bond acceptors (Lipinski definition) is 5. The molecule has 5 nitrogen and oxygen atoms in total. The second kappa shape index (κ2) is 6.99. The number of aromatic nitrogens is 2. The maximum atomic E-state index is 5.71. The van der Waals surface area contributed by atoms with E-state index in [2.05, 4.69) is 32.1 Å². The van der Waals surface area contributed by atoms with Crippen molar-refractivity contribution in [3.8, 4) is 0 Å². The Hall–Kier alpha value is -0.750. The summed E-state index contributed by atoms with van der Waals surface area (Å²) in [5.41, 5.74) is 0.960. The van der Waals surface area contributed by atoms with Crippen LogP contribution in [0, 0.1) is 0 Å². The van der Waals surface area contributed by atoms with Crippen LogP contribution in [0.2, 0.25) is 5.15 Å². The van der Waals surface area contributed by atoms with E-state index in [4.69, 9.17) is 11.6 Å². The SMILES string of the molecule is CN(CCN1CCNCC1)Cc1cnc(Cl)cn1. The molecule has 2 rings (SSSR count). The maximum absolute atomic E-state index is 5.71. The van der Waals surface area contributed by atoms with Gasteiger partial charge in [-0.05, 0) is 7.05 Å². The predicted molar refractivity (Wildman–Crippen MR) is 72.7 cm³/mol. The van der Waals surface area contributed by atoms with Crippen molar-refractivity contribution in [1.29, 1.82) is 0 Å². The lowest BCUT2D eigenvalue weighted by molar-refractivity contribution is 0.201. The van der Waals surface area contributed by atoms with Gasteiger partial charge in [-0.25, -0.2) is 4.98 Å². The summed E-state index contributed by atoms with van der Waals surface area (Å²) in [6.45, 7) is 7.47. The Morgan fingerprint density at radius 1 is 1.33 bits per heavy atom. The first-order chi connectivity index (χ1) is 8.74. The van der Waals surface area contributed by atoms with Gasteiger partial charge in [0.1, 0.15) is 5.15 Å². The number of hydrogen-bond donors (Lipinski definition) is 1. The molecule has 100 valence electrons. The highest BCUT2D eigenvalue weighted by Crippen LogP contribution is 2.03. The van der Waals surface area contributed by atoms with Crippen LogP contribution in [0.25, 0.3) is 0 Å². The predicted octanol–water partition coefficient (Wildman–Crippen LogP) is 0.467. The summed E-state index contributed by atoms with van der Waals surface area (Å²) in [6, 6.07) is 0. The van der Waals surface area contributed by atoms with Gasteiger partial charge in [0.05, 0.1) is 18.1 Å². The molecule has 18 heavy (non-hydrogen) atoms. The van der Waals surface area contributed by atoms with Gasteiger partial charge in [-0.1, -0.05) is 11.6 Å². The normalized spacial score (nSPS) is 17.3. The Balaban J connectivity index is 1.71. The molecular formula is C12H20ClN5. The third-order valence-electron chi connectivity index (χ3n) is 3.11. The Morgan fingerprint density at radius 3 is 2.78 bits per heavy atom. The molecule has 0 bridgehead atoms. The molecule has 1 aromatic rings. The average molecular weight is 270 g/mol. The van der Waals surface area contributed by atoms with E-state index in [9.17, 15) is 0 Å². The first-order valence-electron chi connectivity index (χ1n) is 6.32. The second-order valence-electron chi connectivity index (χ2n) is 4.66. The van der Waals surface area contributed by atoms with Crippen molar-refractivity contribution in [3.63, 3.8) is 0 Å². The van der Waals surface area contributed by atoms with Gasteiger partial charge < -0.3 is 5.32 Å². The molecular weight excluding hydrogens is 250 g/mol. The van der Waals surface area contributed by atoms with Crippen LogP contribution in [0.4, 0.5) is 0 Å². The zero-order chi connectivity index (χ0) is 12.8. The highest BCUT2D eigenvalue weighted by molar-refractivity contribution is 6.29. The first-order valence-corrected chi connectivity index (χ1v) is 6.70. The van der Waals surface area contributed by atoms with Gasteiger partial charge in [0.2, 0.25) is 0 Å². The summed E-state index contributed by atoms with van der Waals surface area (Å²) >= 11 is 5.71. The van der Waals surface area contributed by atoms with E-state index in [1.54, 1.807) is 12.4 Å². The minimum absolute atomic E-state index is 0.446. The topological polar surface area (TPSA) is 44.3 Å². The van der Waals surface area contributed by atoms with Crippen molar-refractivity contribution in [2.45, 2.75) is 6.54 Å². The van der Waals surface area contributed by atoms with Crippen molar-refractivity contribution in [1.82, 2.24) is 25.1 Å². The van der Waals surface area contributed by atoms with E-state index >= 15 is 0 Å². The molecule has 0 unspecified atom stereocenters. The van der Waals surface area contributed by atoms with Crippen molar-refractivity contribution in [2.24, 2.45) is 0 Å². The fourth-order valence-corrected chi connectivity index (χ4v) is 2.12. The summed E-state index contributed by atoms with van der Waals surface area (Å²) in [6.07, 6.45) is 3.34. The number of halogens is 1. The molecule has 0 amide bonds. The van der Waals surface area contributed by atoms with Gasteiger partial charge in [-0.15, -0.1) is 0 Å². The lowest BCUT2D eigenvalue weighted by Gasteiger charge is -2.28. The summed E-state index contributed by atoms with van der Waals surface area (Å²) < 4.78 is 0. The number of rotatable bonds is 5. The fourth-order valence-electron chi connectivity index (χ4n) is 2.02. The van der Waals surface area contributed by atoms with Gasteiger partial charge in [0, 0.05) is 45.8 Å². The van der Waals surface area contributed by atoms with Crippen molar-refractivity contribution >= 4 is 11.6 Å². The van der Waals surface area contributed by atoms with Crippen LogP contribution in [0.15, 0.2) is 12.4 Å². The van der Waals surface area contributed by atoms with Crippen LogP contribution >= 0.6 is 11.6 Å². The van der Waals surface area contributed by atoms with E-state index in [1.165, 1.54) is 0 Å². The lowest BCUT2D eigenvalue weighted by Crippen LogP contribution is -2.45. The third kappa shape index (κ3) is 4.49. The minimum atomic E-state index is 0.446. The maximum Gasteiger partial charge on any atom is 0.147 e. The van der Waals surface area contributed by atoms with E-state index in [0.29, 0.717) is 5.15 Å². The minimum Gasteiger partial charge on any atom is -0.314 e. The molecule has 2 heterocycles. The monoisotopic (exact) mass is 269 g/mol. The van der Waals surface area contributed by atoms with Crippen LogP contribution in [-0.4, -0.2) is 66.1 Å². The summed E-state index contributed by atoms with van der Waals surface area (Å²) in [7, 11) is 2.11. The number of likely N-dealkylation sites (N-methyl/N-ethyl adjacent to an activating group) is 1.